The van der Waals surface area contributed by atoms with Crippen LogP contribution in [0.5, 0.6) is 0 Å². The summed E-state index contributed by atoms with van der Waals surface area (Å²) < 4.78 is 0. The molecule has 0 aliphatic rings. The van der Waals surface area contributed by atoms with Crippen LogP contribution in [0.15, 0.2) is 12.3 Å². The second-order valence-electron chi connectivity index (χ2n) is 2.39. The average molecular weight is 136 g/mol. The molecule has 0 atom stereocenters. The molecule has 0 unspecified atom stereocenters. The number of rotatable bonds is 1. The Balaban J connectivity index is 3.07. The summed E-state index contributed by atoms with van der Waals surface area (Å²) in [6.45, 7) is 4.12. The molecule has 2 N–H and O–H groups in total. The Labute approximate surface area is 61.1 Å². The van der Waals surface area contributed by atoms with Crippen LogP contribution in [0, 0.1) is 6.92 Å². The number of nitrogen functional groups attached to an aromatic ring is 1. The molecule has 54 valence electrons. The van der Waals surface area contributed by atoms with Crippen LogP contribution < -0.4 is 5.73 Å². The number of hydrogen-bond donors (Lipinski definition) is 1. The van der Waals surface area contributed by atoms with Gasteiger partial charge < -0.3 is 5.73 Å². The molecule has 0 aliphatic heterocycles. The third-order valence-corrected chi connectivity index (χ3v) is 1.54. The molecule has 0 bridgehead atoms. The Kier molecular flexibility index (Phi) is 1.90. The Morgan fingerprint density at radius 1 is 1.60 bits per heavy atom. The van der Waals surface area contributed by atoms with Gasteiger partial charge in [-0.2, -0.15) is 0 Å². The van der Waals surface area contributed by atoms with Crippen molar-refractivity contribution < 1.29 is 0 Å². The zero-order valence-electron chi connectivity index (χ0n) is 6.39. The lowest BCUT2D eigenvalue weighted by atomic mass is 10.2. The molecule has 2 nitrogen and oxygen atoms in total. The van der Waals surface area contributed by atoms with Crippen molar-refractivity contribution >= 4 is 5.69 Å². The SMILES string of the molecule is CCc1ncc(N)cc1C. The van der Waals surface area contributed by atoms with Crippen molar-refractivity contribution in [3.8, 4) is 0 Å². The van der Waals surface area contributed by atoms with E-state index in [-0.39, 0.29) is 0 Å². The van der Waals surface area contributed by atoms with Crippen molar-refractivity contribution in [3.05, 3.63) is 23.5 Å². The fourth-order valence-electron chi connectivity index (χ4n) is 0.995. The van der Waals surface area contributed by atoms with Gasteiger partial charge in [-0.15, -0.1) is 0 Å². The van der Waals surface area contributed by atoms with Crippen LogP contribution >= 0.6 is 0 Å². The van der Waals surface area contributed by atoms with E-state index in [0.29, 0.717) is 0 Å². The van der Waals surface area contributed by atoms with Crippen LogP contribution in [0.4, 0.5) is 5.69 Å². The van der Waals surface area contributed by atoms with Crippen LogP contribution in [-0.2, 0) is 6.42 Å². The molecule has 0 fully saturated rings. The number of nitrogens with two attached hydrogens (primary N) is 1. The molecule has 10 heavy (non-hydrogen) atoms. The molecule has 0 amide bonds. The first-order valence-electron chi connectivity index (χ1n) is 3.45. The topological polar surface area (TPSA) is 38.9 Å². The lowest BCUT2D eigenvalue weighted by molar-refractivity contribution is 1.01. The third-order valence-electron chi connectivity index (χ3n) is 1.54. The summed E-state index contributed by atoms with van der Waals surface area (Å²) >= 11 is 0. The standard InChI is InChI=1S/C8H12N2/c1-3-8-6(2)4-7(9)5-10-8/h4-5H,3,9H2,1-2H3. The van der Waals surface area contributed by atoms with Gasteiger partial charge in [-0.1, -0.05) is 6.92 Å². The summed E-state index contributed by atoms with van der Waals surface area (Å²) in [5, 5.41) is 0. The van der Waals surface area contributed by atoms with E-state index in [9.17, 15) is 0 Å². The molecule has 0 aliphatic carbocycles. The van der Waals surface area contributed by atoms with Gasteiger partial charge in [0, 0.05) is 5.69 Å². The molecule has 2 heteroatoms. The van der Waals surface area contributed by atoms with Crippen LogP contribution in [0.3, 0.4) is 0 Å². The fourth-order valence-corrected chi connectivity index (χ4v) is 0.995. The van der Waals surface area contributed by atoms with Crippen LogP contribution in [0.2, 0.25) is 0 Å². The fraction of sp³-hybridized carbons (Fsp3) is 0.375. The summed E-state index contributed by atoms with van der Waals surface area (Å²) in [5.74, 6) is 0. The highest BCUT2D eigenvalue weighted by Gasteiger charge is 1.95. The summed E-state index contributed by atoms with van der Waals surface area (Å²) in [6, 6.07) is 1.95. The van der Waals surface area contributed by atoms with E-state index in [1.807, 2.05) is 13.0 Å². The predicted octanol–water partition coefficient (Wildman–Crippen LogP) is 1.53. The highest BCUT2D eigenvalue weighted by molar-refractivity contribution is 5.39. The summed E-state index contributed by atoms with van der Waals surface area (Å²) in [7, 11) is 0. The smallest absolute Gasteiger partial charge is 0.0503 e. The lowest BCUT2D eigenvalue weighted by Crippen LogP contribution is -1.94. The molecule has 0 saturated carbocycles. The van der Waals surface area contributed by atoms with Crippen molar-refractivity contribution in [2.45, 2.75) is 20.3 Å². The van der Waals surface area contributed by atoms with Gasteiger partial charge in [0.2, 0.25) is 0 Å². The van der Waals surface area contributed by atoms with Gasteiger partial charge in [0.1, 0.15) is 0 Å². The minimum atomic E-state index is 0.745. The molecule has 1 heterocycles. The lowest BCUT2D eigenvalue weighted by Gasteiger charge is -2.00. The molecular formula is C8H12N2. The number of nitrogens with zero attached hydrogens (tertiary/aromatic N) is 1. The minimum Gasteiger partial charge on any atom is -0.397 e. The molecule has 0 aromatic carbocycles. The van der Waals surface area contributed by atoms with Gasteiger partial charge in [0.15, 0.2) is 0 Å². The van der Waals surface area contributed by atoms with Gasteiger partial charge >= 0.3 is 0 Å². The van der Waals surface area contributed by atoms with Gasteiger partial charge in [-0.05, 0) is 25.0 Å². The van der Waals surface area contributed by atoms with Gasteiger partial charge in [0.05, 0.1) is 11.9 Å². The van der Waals surface area contributed by atoms with E-state index in [1.54, 1.807) is 6.20 Å². The predicted molar refractivity (Wildman–Crippen MR) is 42.8 cm³/mol. The van der Waals surface area contributed by atoms with Gasteiger partial charge in [-0.3, -0.25) is 4.98 Å². The van der Waals surface area contributed by atoms with E-state index in [0.717, 1.165) is 17.8 Å². The van der Waals surface area contributed by atoms with Crippen molar-refractivity contribution in [1.29, 1.82) is 0 Å². The minimum absolute atomic E-state index is 0.745. The number of anilines is 1. The van der Waals surface area contributed by atoms with Crippen molar-refractivity contribution in [3.63, 3.8) is 0 Å². The van der Waals surface area contributed by atoms with Crippen LogP contribution in [0.25, 0.3) is 0 Å². The summed E-state index contributed by atoms with van der Waals surface area (Å²) in [5.41, 5.74) is 8.58. The number of hydrogen-bond acceptors (Lipinski definition) is 2. The largest absolute Gasteiger partial charge is 0.397 e. The van der Waals surface area contributed by atoms with Crippen LogP contribution in [0.1, 0.15) is 18.2 Å². The molecule has 1 rings (SSSR count). The van der Waals surface area contributed by atoms with E-state index < -0.39 is 0 Å². The normalized spacial score (nSPS) is 9.80. The van der Waals surface area contributed by atoms with Crippen molar-refractivity contribution in [1.82, 2.24) is 4.98 Å². The maximum atomic E-state index is 5.52. The first-order valence-corrected chi connectivity index (χ1v) is 3.45. The molecule has 1 aromatic rings. The quantitative estimate of drug-likeness (QED) is 0.636. The molecule has 0 spiro atoms. The molecule has 0 radical (unpaired) electrons. The van der Waals surface area contributed by atoms with Gasteiger partial charge in [0.25, 0.3) is 0 Å². The highest BCUT2D eigenvalue weighted by atomic mass is 14.7. The summed E-state index contributed by atoms with van der Waals surface area (Å²) in [4.78, 5) is 4.17. The van der Waals surface area contributed by atoms with Crippen LogP contribution in [-0.4, -0.2) is 4.98 Å². The zero-order valence-corrected chi connectivity index (χ0v) is 6.39. The Morgan fingerprint density at radius 3 is 2.80 bits per heavy atom. The third kappa shape index (κ3) is 1.26. The van der Waals surface area contributed by atoms with Crippen molar-refractivity contribution in [2.24, 2.45) is 0 Å². The number of pyridine rings is 1. The average Bonchev–Trinajstić information content (AvgIpc) is 1.88. The summed E-state index contributed by atoms with van der Waals surface area (Å²) in [6.07, 6.45) is 2.68. The molecular weight excluding hydrogens is 124 g/mol. The molecule has 1 aromatic heterocycles. The van der Waals surface area contributed by atoms with E-state index >= 15 is 0 Å². The second-order valence-corrected chi connectivity index (χ2v) is 2.39. The second kappa shape index (κ2) is 2.69. The van der Waals surface area contributed by atoms with E-state index in [2.05, 4.69) is 11.9 Å². The first kappa shape index (κ1) is 7.06. The Morgan fingerprint density at radius 2 is 2.30 bits per heavy atom. The van der Waals surface area contributed by atoms with Crippen molar-refractivity contribution in [2.75, 3.05) is 5.73 Å². The maximum Gasteiger partial charge on any atom is 0.0503 e. The zero-order chi connectivity index (χ0) is 7.56. The Hall–Kier alpha value is -1.05. The molecule has 0 saturated heterocycles. The number of aryl methyl sites for hydroxylation is 2. The Bertz CT molecular complexity index is 231. The van der Waals surface area contributed by atoms with E-state index in [1.165, 1.54) is 5.56 Å². The first-order chi connectivity index (χ1) is 4.74. The van der Waals surface area contributed by atoms with E-state index in [4.69, 9.17) is 5.73 Å². The maximum absolute atomic E-state index is 5.52. The highest BCUT2D eigenvalue weighted by Crippen LogP contribution is 2.08. The van der Waals surface area contributed by atoms with Gasteiger partial charge in [-0.25, -0.2) is 0 Å². The number of aromatic nitrogens is 1. The monoisotopic (exact) mass is 136 g/mol.